The highest BCUT2D eigenvalue weighted by atomic mass is 32.1. The fraction of sp³-hybridized carbons (Fsp3) is 0.417. The molecule has 0 bridgehead atoms. The van der Waals surface area contributed by atoms with Crippen molar-refractivity contribution in [2.75, 3.05) is 6.61 Å². The summed E-state index contributed by atoms with van der Waals surface area (Å²) in [6.45, 7) is 4.35. The second-order valence-electron chi connectivity index (χ2n) is 3.87. The van der Waals surface area contributed by atoms with E-state index < -0.39 is 0 Å². The molecule has 0 aromatic carbocycles. The molecule has 2 aromatic heterocycles. The lowest BCUT2D eigenvalue weighted by atomic mass is 10.3. The number of carbonyl (C=O) groups excluding carboxylic acids is 1. The molecule has 6 heteroatoms. The van der Waals surface area contributed by atoms with Crippen LogP contribution in [0.4, 0.5) is 0 Å². The molecule has 2 rings (SSSR count). The van der Waals surface area contributed by atoms with Gasteiger partial charge in [-0.25, -0.2) is 4.98 Å². The minimum atomic E-state index is -0.300. The first-order chi connectivity index (χ1) is 8.61. The Labute approximate surface area is 108 Å². The smallest absolute Gasteiger partial charge is 0.307 e. The van der Waals surface area contributed by atoms with E-state index in [0.29, 0.717) is 18.5 Å². The number of hydrogen-bond acceptors (Lipinski definition) is 5. The lowest BCUT2D eigenvalue weighted by molar-refractivity contribution is -0.143. The van der Waals surface area contributed by atoms with Crippen molar-refractivity contribution in [2.45, 2.75) is 26.8 Å². The number of aromatic nitrogens is 2. The molecule has 0 radical (unpaired) electrons. The van der Waals surface area contributed by atoms with Crippen molar-refractivity contribution in [1.29, 1.82) is 0 Å². The van der Waals surface area contributed by atoms with Gasteiger partial charge in [0.15, 0.2) is 0 Å². The van der Waals surface area contributed by atoms with Gasteiger partial charge >= 0.3 is 5.97 Å². The molecule has 0 N–H and O–H groups in total. The van der Waals surface area contributed by atoms with Gasteiger partial charge in [0.25, 0.3) is 5.56 Å². The predicted molar refractivity (Wildman–Crippen MR) is 69.9 cm³/mol. The molecule has 0 aliphatic heterocycles. The molecule has 0 spiro atoms. The summed E-state index contributed by atoms with van der Waals surface area (Å²) in [5, 5.41) is 0.615. The average molecular weight is 266 g/mol. The minimum absolute atomic E-state index is 0.103. The summed E-state index contributed by atoms with van der Waals surface area (Å²) in [4.78, 5) is 29.3. The third kappa shape index (κ3) is 2.59. The number of esters is 1. The second-order valence-corrected chi connectivity index (χ2v) is 5.11. The number of ether oxygens (including phenoxy) is 1. The Morgan fingerprint density at radius 1 is 1.56 bits per heavy atom. The summed E-state index contributed by atoms with van der Waals surface area (Å²) in [6, 6.07) is 1.83. The minimum Gasteiger partial charge on any atom is -0.466 e. The van der Waals surface area contributed by atoms with Crippen molar-refractivity contribution in [1.82, 2.24) is 9.55 Å². The number of thiophene rings is 1. The van der Waals surface area contributed by atoms with Crippen LogP contribution in [-0.2, 0) is 16.1 Å². The molecule has 18 heavy (non-hydrogen) atoms. The zero-order chi connectivity index (χ0) is 13.1. The van der Waals surface area contributed by atoms with E-state index in [1.54, 1.807) is 6.92 Å². The number of carbonyl (C=O) groups is 1. The van der Waals surface area contributed by atoms with Crippen LogP contribution in [-0.4, -0.2) is 22.1 Å². The van der Waals surface area contributed by atoms with E-state index >= 15 is 0 Å². The summed E-state index contributed by atoms with van der Waals surface area (Å²) >= 11 is 1.49. The van der Waals surface area contributed by atoms with Crippen molar-refractivity contribution in [3.63, 3.8) is 0 Å². The third-order valence-corrected chi connectivity index (χ3v) is 3.46. The molecule has 0 aliphatic rings. The molecular weight excluding hydrogens is 252 g/mol. The first-order valence-corrected chi connectivity index (χ1v) is 6.54. The van der Waals surface area contributed by atoms with Crippen LogP contribution < -0.4 is 5.56 Å². The van der Waals surface area contributed by atoms with E-state index in [4.69, 9.17) is 4.74 Å². The van der Waals surface area contributed by atoms with Gasteiger partial charge < -0.3 is 4.74 Å². The van der Waals surface area contributed by atoms with Crippen molar-refractivity contribution in [2.24, 2.45) is 0 Å². The van der Waals surface area contributed by atoms with E-state index in [9.17, 15) is 9.59 Å². The summed E-state index contributed by atoms with van der Waals surface area (Å²) < 4.78 is 6.27. The maximum atomic E-state index is 12.1. The third-order valence-electron chi connectivity index (χ3n) is 2.50. The molecule has 96 valence electrons. The fourth-order valence-corrected chi connectivity index (χ4v) is 2.52. The topological polar surface area (TPSA) is 61.2 Å². The van der Waals surface area contributed by atoms with Gasteiger partial charge in [-0.1, -0.05) is 0 Å². The first kappa shape index (κ1) is 12.8. The summed E-state index contributed by atoms with van der Waals surface area (Å²) in [5.41, 5.74) is -0.103. The van der Waals surface area contributed by atoms with Gasteiger partial charge in [-0.3, -0.25) is 14.2 Å². The lowest BCUT2D eigenvalue weighted by Gasteiger charge is -2.04. The molecule has 0 aliphatic carbocycles. The SMILES string of the molecule is CCOC(=O)CCn1cnc2sc(C)cc2c1=O. The van der Waals surface area contributed by atoms with Gasteiger partial charge in [0.05, 0.1) is 24.7 Å². The van der Waals surface area contributed by atoms with Crippen molar-refractivity contribution < 1.29 is 9.53 Å². The maximum Gasteiger partial charge on any atom is 0.307 e. The Morgan fingerprint density at radius 2 is 2.33 bits per heavy atom. The highest BCUT2D eigenvalue weighted by molar-refractivity contribution is 7.18. The molecule has 0 atom stereocenters. The fourth-order valence-electron chi connectivity index (χ4n) is 1.68. The number of fused-ring (bicyclic) bond motifs is 1. The molecule has 0 fully saturated rings. The monoisotopic (exact) mass is 266 g/mol. The van der Waals surface area contributed by atoms with Crippen molar-refractivity contribution in [3.8, 4) is 0 Å². The van der Waals surface area contributed by atoms with E-state index in [2.05, 4.69) is 4.98 Å². The molecule has 0 amide bonds. The van der Waals surface area contributed by atoms with E-state index in [0.717, 1.165) is 9.71 Å². The number of nitrogens with zero attached hydrogens (tertiary/aromatic N) is 2. The van der Waals surface area contributed by atoms with Crippen molar-refractivity contribution >= 4 is 27.5 Å². The highest BCUT2D eigenvalue weighted by Gasteiger charge is 2.08. The second kappa shape index (κ2) is 5.30. The Kier molecular flexibility index (Phi) is 3.76. The molecule has 0 saturated heterocycles. The van der Waals surface area contributed by atoms with Crippen LogP contribution in [0.2, 0.25) is 0 Å². The van der Waals surface area contributed by atoms with E-state index in [-0.39, 0.29) is 17.9 Å². The standard InChI is InChI=1S/C12H14N2O3S/c1-3-17-10(15)4-5-14-7-13-11-9(12(14)16)6-8(2)18-11/h6-7H,3-5H2,1-2H3. The van der Waals surface area contributed by atoms with Crippen LogP contribution in [0.5, 0.6) is 0 Å². The zero-order valence-corrected chi connectivity index (χ0v) is 11.1. The average Bonchev–Trinajstić information content (AvgIpc) is 2.70. The van der Waals surface area contributed by atoms with Crippen LogP contribution in [0.15, 0.2) is 17.2 Å². The maximum absolute atomic E-state index is 12.1. The Balaban J connectivity index is 2.21. The largest absolute Gasteiger partial charge is 0.466 e. The molecular formula is C12H14N2O3S. The summed E-state index contributed by atoms with van der Waals surface area (Å²) in [6.07, 6.45) is 1.67. The number of rotatable bonds is 4. The van der Waals surface area contributed by atoms with Crippen LogP contribution in [0, 0.1) is 6.92 Å². The Bertz CT molecular complexity index is 630. The molecule has 0 saturated carbocycles. The highest BCUT2D eigenvalue weighted by Crippen LogP contribution is 2.19. The van der Waals surface area contributed by atoms with Gasteiger partial charge in [0, 0.05) is 11.4 Å². The van der Waals surface area contributed by atoms with Crippen LogP contribution in [0.3, 0.4) is 0 Å². The van der Waals surface area contributed by atoms with E-state index in [1.165, 1.54) is 22.2 Å². The first-order valence-electron chi connectivity index (χ1n) is 5.73. The van der Waals surface area contributed by atoms with Gasteiger partial charge in [-0.15, -0.1) is 11.3 Å². The zero-order valence-electron chi connectivity index (χ0n) is 10.3. The quantitative estimate of drug-likeness (QED) is 0.790. The normalized spacial score (nSPS) is 10.8. The number of aryl methyl sites for hydroxylation is 2. The lowest BCUT2D eigenvalue weighted by Crippen LogP contribution is -2.21. The van der Waals surface area contributed by atoms with Crippen LogP contribution in [0.25, 0.3) is 10.2 Å². The summed E-state index contributed by atoms with van der Waals surface area (Å²) in [5.74, 6) is -0.300. The molecule has 0 unspecified atom stereocenters. The summed E-state index contributed by atoms with van der Waals surface area (Å²) in [7, 11) is 0. The van der Waals surface area contributed by atoms with Crippen molar-refractivity contribution in [3.05, 3.63) is 27.6 Å². The van der Waals surface area contributed by atoms with E-state index in [1.807, 2.05) is 13.0 Å². The van der Waals surface area contributed by atoms with Gasteiger partial charge in [0.2, 0.25) is 0 Å². The Morgan fingerprint density at radius 3 is 3.06 bits per heavy atom. The number of hydrogen-bond donors (Lipinski definition) is 0. The van der Waals surface area contributed by atoms with Crippen LogP contribution >= 0.6 is 11.3 Å². The van der Waals surface area contributed by atoms with Gasteiger partial charge in [-0.2, -0.15) is 0 Å². The van der Waals surface area contributed by atoms with Gasteiger partial charge in [-0.05, 0) is 19.9 Å². The van der Waals surface area contributed by atoms with Crippen LogP contribution in [0.1, 0.15) is 18.2 Å². The van der Waals surface area contributed by atoms with Gasteiger partial charge in [0.1, 0.15) is 4.83 Å². The molecule has 2 aromatic rings. The predicted octanol–water partition coefficient (Wildman–Crippen LogP) is 1.72. The Hall–Kier alpha value is -1.69. The molecule has 2 heterocycles. The molecule has 5 nitrogen and oxygen atoms in total.